The van der Waals surface area contributed by atoms with Crippen LogP contribution in [0.5, 0.6) is 0 Å². The van der Waals surface area contributed by atoms with Crippen LogP contribution in [0.2, 0.25) is 5.02 Å². The fraction of sp³-hybridized carbons (Fsp3) is 0.407. The van der Waals surface area contributed by atoms with E-state index < -0.39 is 5.82 Å². The highest BCUT2D eigenvalue weighted by atomic mass is 35.5. The lowest BCUT2D eigenvalue weighted by molar-refractivity contribution is 0.133. The molecule has 2 fully saturated rings. The van der Waals surface area contributed by atoms with Crippen LogP contribution in [-0.2, 0) is 0 Å². The molecular weight excluding hydrogens is 398 g/mol. The Morgan fingerprint density at radius 3 is 2.47 bits per heavy atom. The van der Waals surface area contributed by atoms with E-state index in [2.05, 4.69) is 30.9 Å². The van der Waals surface area contributed by atoms with E-state index in [9.17, 15) is 8.78 Å². The van der Waals surface area contributed by atoms with Crippen LogP contribution in [0, 0.1) is 41.2 Å². The summed E-state index contributed by atoms with van der Waals surface area (Å²) in [5.41, 5.74) is 1.91. The Hall–Kier alpha value is -2.11. The van der Waals surface area contributed by atoms with Crippen molar-refractivity contribution in [3.05, 3.63) is 81.9 Å². The van der Waals surface area contributed by atoms with E-state index in [1.165, 1.54) is 44.2 Å². The highest BCUT2D eigenvalue weighted by Gasteiger charge is 2.35. The van der Waals surface area contributed by atoms with E-state index in [1.54, 1.807) is 18.2 Å². The van der Waals surface area contributed by atoms with Gasteiger partial charge in [-0.3, -0.25) is 0 Å². The van der Waals surface area contributed by atoms with Crippen LogP contribution in [-0.4, -0.2) is 0 Å². The molecule has 2 aromatic rings. The smallest absolute Gasteiger partial charge is 0.143 e. The average Bonchev–Trinajstić information content (AvgIpc) is 2.75. The lowest BCUT2D eigenvalue weighted by Gasteiger charge is -2.41. The standard InChI is InChI=1S/C27H27ClF2/c1-2-3-18-5-8-22-16-23(12-11-21(22)14-18)24-10-9-20(26(29)17-24)7-4-19-6-13-25(28)27(30)15-19/h2-3,6,9-10,13,15,17-18,21-23H,5,8,11-12,14,16H2,1H3/b3-2+. The van der Waals surface area contributed by atoms with Crippen molar-refractivity contribution in [1.82, 2.24) is 0 Å². The number of hydrogen-bond donors (Lipinski definition) is 0. The maximum Gasteiger partial charge on any atom is 0.143 e. The first-order valence-electron chi connectivity index (χ1n) is 10.9. The Kier molecular flexibility index (Phi) is 6.59. The molecule has 0 aromatic heterocycles. The Morgan fingerprint density at radius 2 is 1.70 bits per heavy atom. The van der Waals surface area contributed by atoms with Gasteiger partial charge >= 0.3 is 0 Å². The van der Waals surface area contributed by atoms with Gasteiger partial charge in [-0.15, -0.1) is 0 Å². The molecule has 0 aliphatic heterocycles. The van der Waals surface area contributed by atoms with E-state index in [0.717, 1.165) is 29.7 Å². The molecule has 3 heteroatoms. The van der Waals surface area contributed by atoms with Gasteiger partial charge in [-0.1, -0.05) is 41.7 Å². The molecule has 156 valence electrons. The summed E-state index contributed by atoms with van der Waals surface area (Å²) in [4.78, 5) is 0. The number of fused-ring (bicyclic) bond motifs is 1. The minimum absolute atomic E-state index is 0.0566. The van der Waals surface area contributed by atoms with Crippen molar-refractivity contribution in [1.29, 1.82) is 0 Å². The van der Waals surface area contributed by atoms with Crippen LogP contribution >= 0.6 is 11.6 Å². The van der Waals surface area contributed by atoms with Crippen LogP contribution in [0.25, 0.3) is 0 Å². The molecule has 0 heterocycles. The highest BCUT2D eigenvalue weighted by molar-refractivity contribution is 6.30. The van der Waals surface area contributed by atoms with Gasteiger partial charge in [0.2, 0.25) is 0 Å². The molecule has 0 spiro atoms. The fourth-order valence-electron chi connectivity index (χ4n) is 5.28. The summed E-state index contributed by atoms with van der Waals surface area (Å²) in [7, 11) is 0. The summed E-state index contributed by atoms with van der Waals surface area (Å²) in [5.74, 6) is 7.62. The number of allylic oxidation sites excluding steroid dienone is 2. The van der Waals surface area contributed by atoms with Crippen LogP contribution in [0.1, 0.15) is 68.1 Å². The normalized spacial score (nSPS) is 26.1. The fourth-order valence-corrected chi connectivity index (χ4v) is 5.39. The Labute approximate surface area is 183 Å². The maximum absolute atomic E-state index is 14.7. The van der Waals surface area contributed by atoms with Crippen molar-refractivity contribution in [2.75, 3.05) is 0 Å². The zero-order valence-corrected chi connectivity index (χ0v) is 18.1. The zero-order valence-electron chi connectivity index (χ0n) is 17.3. The van der Waals surface area contributed by atoms with Gasteiger partial charge in [0.05, 0.1) is 10.6 Å². The van der Waals surface area contributed by atoms with Crippen molar-refractivity contribution in [2.45, 2.75) is 51.4 Å². The molecular formula is C27H27ClF2. The van der Waals surface area contributed by atoms with Crippen LogP contribution in [0.15, 0.2) is 48.6 Å². The highest BCUT2D eigenvalue weighted by Crippen LogP contribution is 2.47. The third-order valence-electron chi connectivity index (χ3n) is 6.84. The average molecular weight is 425 g/mol. The van der Waals surface area contributed by atoms with E-state index in [-0.39, 0.29) is 10.8 Å². The van der Waals surface area contributed by atoms with Gasteiger partial charge < -0.3 is 0 Å². The Morgan fingerprint density at radius 1 is 0.900 bits per heavy atom. The topological polar surface area (TPSA) is 0 Å². The molecule has 2 aromatic carbocycles. The predicted molar refractivity (Wildman–Crippen MR) is 120 cm³/mol. The molecule has 2 aliphatic rings. The Bertz CT molecular complexity index is 998. The van der Waals surface area contributed by atoms with Crippen molar-refractivity contribution >= 4 is 11.6 Å². The van der Waals surface area contributed by atoms with E-state index in [0.29, 0.717) is 17.0 Å². The summed E-state index contributed by atoms with van der Waals surface area (Å²) in [6.45, 7) is 2.11. The molecule has 0 saturated heterocycles. The van der Waals surface area contributed by atoms with Gasteiger partial charge in [0.1, 0.15) is 11.6 Å². The van der Waals surface area contributed by atoms with Crippen LogP contribution in [0.3, 0.4) is 0 Å². The van der Waals surface area contributed by atoms with Gasteiger partial charge in [-0.25, -0.2) is 8.78 Å². The van der Waals surface area contributed by atoms with Gasteiger partial charge in [0.15, 0.2) is 0 Å². The first-order valence-corrected chi connectivity index (χ1v) is 11.3. The molecule has 4 unspecified atom stereocenters. The third-order valence-corrected chi connectivity index (χ3v) is 7.15. The largest absolute Gasteiger partial charge is 0.206 e. The molecule has 4 atom stereocenters. The summed E-state index contributed by atoms with van der Waals surface area (Å²) >= 11 is 5.69. The van der Waals surface area contributed by atoms with Gasteiger partial charge in [0.25, 0.3) is 0 Å². The molecule has 0 amide bonds. The molecule has 0 N–H and O–H groups in total. The molecule has 2 saturated carbocycles. The quantitative estimate of drug-likeness (QED) is 0.339. The van der Waals surface area contributed by atoms with Crippen molar-refractivity contribution in [3.63, 3.8) is 0 Å². The molecule has 0 bridgehead atoms. The second-order valence-electron chi connectivity index (χ2n) is 8.75. The molecule has 4 rings (SSSR count). The summed E-state index contributed by atoms with van der Waals surface area (Å²) in [6.07, 6.45) is 12.0. The molecule has 2 aliphatic carbocycles. The van der Waals surface area contributed by atoms with E-state index in [1.807, 2.05) is 6.07 Å². The van der Waals surface area contributed by atoms with Crippen molar-refractivity contribution < 1.29 is 8.78 Å². The van der Waals surface area contributed by atoms with Crippen LogP contribution in [0.4, 0.5) is 8.78 Å². The second kappa shape index (κ2) is 9.36. The summed E-state index contributed by atoms with van der Waals surface area (Å²) < 4.78 is 28.3. The zero-order chi connectivity index (χ0) is 21.1. The van der Waals surface area contributed by atoms with Gasteiger partial charge in [0, 0.05) is 5.56 Å². The number of hydrogen-bond acceptors (Lipinski definition) is 0. The summed E-state index contributed by atoms with van der Waals surface area (Å²) in [6, 6.07) is 9.80. The maximum atomic E-state index is 14.7. The van der Waals surface area contributed by atoms with E-state index >= 15 is 0 Å². The predicted octanol–water partition coefficient (Wildman–Crippen LogP) is 7.89. The summed E-state index contributed by atoms with van der Waals surface area (Å²) in [5, 5.41) is 0.0566. The monoisotopic (exact) mass is 424 g/mol. The lowest BCUT2D eigenvalue weighted by atomic mass is 9.64. The van der Waals surface area contributed by atoms with Gasteiger partial charge in [-0.05, 0) is 105 Å². The van der Waals surface area contributed by atoms with Crippen LogP contribution < -0.4 is 0 Å². The first-order chi connectivity index (χ1) is 14.5. The van der Waals surface area contributed by atoms with Crippen molar-refractivity contribution in [2.24, 2.45) is 17.8 Å². The number of halogens is 3. The molecule has 0 radical (unpaired) electrons. The third kappa shape index (κ3) is 4.79. The van der Waals surface area contributed by atoms with E-state index in [4.69, 9.17) is 11.6 Å². The minimum atomic E-state index is -0.519. The number of rotatable bonds is 2. The number of benzene rings is 2. The molecule has 30 heavy (non-hydrogen) atoms. The minimum Gasteiger partial charge on any atom is -0.206 e. The lowest BCUT2D eigenvalue weighted by Crippen LogP contribution is -2.30. The van der Waals surface area contributed by atoms with Gasteiger partial charge in [-0.2, -0.15) is 0 Å². The first kappa shape index (κ1) is 21.1. The second-order valence-corrected chi connectivity index (χ2v) is 9.15. The van der Waals surface area contributed by atoms with Crippen molar-refractivity contribution in [3.8, 4) is 11.8 Å². The molecule has 0 nitrogen and oxygen atoms in total. The SMILES string of the molecule is C/C=C/C1CCC2CC(c3ccc(C#Cc4ccc(Cl)c(F)c4)c(F)c3)CCC2C1. The Balaban J connectivity index is 1.44.